The van der Waals surface area contributed by atoms with Crippen molar-refractivity contribution in [3.8, 4) is 5.75 Å². The molecule has 3 fully saturated rings. The van der Waals surface area contributed by atoms with Gasteiger partial charge in [-0.3, -0.25) is 9.59 Å². The van der Waals surface area contributed by atoms with Gasteiger partial charge in [0.25, 0.3) is 5.97 Å². The molecule has 0 unspecified atom stereocenters. The highest BCUT2D eigenvalue weighted by Crippen LogP contribution is 2.68. The van der Waals surface area contributed by atoms with E-state index in [1.54, 1.807) is 19.1 Å². The maximum absolute atomic E-state index is 13.7. The quantitative estimate of drug-likeness (QED) is 0.348. The molecule has 1 saturated carbocycles. The molecule has 8 atom stereocenters. The Labute approximate surface area is 257 Å². The Morgan fingerprint density at radius 2 is 1.80 bits per heavy atom. The van der Waals surface area contributed by atoms with Crippen molar-refractivity contribution in [1.82, 2.24) is 0 Å². The third kappa shape index (κ3) is 4.19. The van der Waals surface area contributed by atoms with Crippen LogP contribution in [-0.4, -0.2) is 57.5 Å². The highest BCUT2D eigenvalue weighted by atomic mass is 16.9. The van der Waals surface area contributed by atoms with Gasteiger partial charge in [0.05, 0.1) is 18.4 Å². The Kier molecular flexibility index (Phi) is 6.61. The molecule has 230 valence electrons. The summed E-state index contributed by atoms with van der Waals surface area (Å²) in [6, 6.07) is 16.2. The number of fused-ring (bicyclic) bond motifs is 2. The van der Waals surface area contributed by atoms with Crippen LogP contribution >= 0.6 is 0 Å². The molecule has 2 heterocycles. The van der Waals surface area contributed by atoms with E-state index in [-0.39, 0.29) is 36.9 Å². The minimum atomic E-state index is -1.78. The Hall–Kier alpha value is -3.56. The zero-order chi connectivity index (χ0) is 31.1. The Morgan fingerprint density at radius 3 is 2.50 bits per heavy atom. The molecule has 5 aliphatic rings. The van der Waals surface area contributed by atoms with Crippen LogP contribution in [0.5, 0.6) is 5.75 Å². The number of ketones is 1. The molecule has 0 spiro atoms. The molecule has 2 saturated heterocycles. The van der Waals surface area contributed by atoms with Crippen molar-refractivity contribution in [3.63, 3.8) is 0 Å². The number of hydrogen-bond acceptors (Lipinski definition) is 8. The van der Waals surface area contributed by atoms with Crippen molar-refractivity contribution in [3.05, 3.63) is 101 Å². The van der Waals surface area contributed by atoms with Crippen LogP contribution in [0.4, 0.5) is 0 Å². The summed E-state index contributed by atoms with van der Waals surface area (Å²) in [5.41, 5.74) is -0.0509. The Balaban J connectivity index is 1.29. The number of phenolic OH excluding ortho intramolecular Hbond substituents is 1. The number of benzene rings is 2. The standard InChI is InChI=1S/C36H38O8/c1-21(2)34-17-23(4)36-28(32(34)42-35(43-34,44-36)19-25-8-6-5-7-9-25)15-26(18-33(40)29(36)14-22(3)31(33)39)20-41-30(38)16-24-10-12-27(37)13-11-24/h5-15,23,28-29,32,37,40H,1,16-20H2,2-4H3/t23-,28+,29-,32-,33-,34-,35-,36-/m1/s1. The minimum absolute atomic E-state index is 0.00446. The number of Topliss-reactive ketones (excluding diaryl/α,β-unsaturated/α-hetero) is 1. The van der Waals surface area contributed by atoms with Crippen LogP contribution < -0.4 is 0 Å². The van der Waals surface area contributed by atoms with E-state index in [4.69, 9.17) is 18.9 Å². The number of carbonyl (C=O) groups excluding carboxylic acids is 2. The molecule has 3 aliphatic carbocycles. The lowest BCUT2D eigenvalue weighted by Crippen LogP contribution is -2.70. The maximum Gasteiger partial charge on any atom is 0.310 e. The van der Waals surface area contributed by atoms with E-state index in [0.717, 1.165) is 11.1 Å². The predicted octanol–water partition coefficient (Wildman–Crippen LogP) is 4.74. The van der Waals surface area contributed by atoms with Gasteiger partial charge in [0.2, 0.25) is 0 Å². The highest BCUT2D eigenvalue weighted by Gasteiger charge is 2.79. The van der Waals surface area contributed by atoms with Gasteiger partial charge in [-0.25, -0.2) is 0 Å². The average molecular weight is 599 g/mol. The van der Waals surface area contributed by atoms with Crippen molar-refractivity contribution in [1.29, 1.82) is 0 Å². The number of aliphatic hydroxyl groups is 1. The number of aromatic hydroxyl groups is 1. The van der Waals surface area contributed by atoms with Gasteiger partial charge in [0.15, 0.2) is 5.78 Å². The van der Waals surface area contributed by atoms with Crippen LogP contribution in [0.3, 0.4) is 0 Å². The van der Waals surface area contributed by atoms with Crippen LogP contribution in [-0.2, 0) is 41.4 Å². The summed E-state index contributed by atoms with van der Waals surface area (Å²) in [5.74, 6) is -3.37. The number of ether oxygens (including phenoxy) is 4. The van der Waals surface area contributed by atoms with Crippen molar-refractivity contribution in [2.75, 3.05) is 6.61 Å². The molecule has 3 bridgehead atoms. The third-order valence-corrected chi connectivity index (χ3v) is 10.4. The lowest BCUT2D eigenvalue weighted by Gasteiger charge is -2.59. The Bertz CT molecular complexity index is 1590. The molecule has 2 N–H and O–H groups in total. The van der Waals surface area contributed by atoms with Crippen LogP contribution in [0.25, 0.3) is 0 Å². The first kappa shape index (κ1) is 29.2. The first-order valence-corrected chi connectivity index (χ1v) is 15.3. The van der Waals surface area contributed by atoms with E-state index in [0.29, 0.717) is 29.6 Å². The van der Waals surface area contributed by atoms with E-state index in [1.165, 1.54) is 12.1 Å². The smallest absolute Gasteiger partial charge is 0.310 e. The van der Waals surface area contributed by atoms with Crippen molar-refractivity contribution in [2.24, 2.45) is 17.8 Å². The van der Waals surface area contributed by atoms with Gasteiger partial charge in [-0.1, -0.05) is 68.1 Å². The summed E-state index contributed by atoms with van der Waals surface area (Å²) in [7, 11) is 0. The fourth-order valence-electron chi connectivity index (χ4n) is 8.49. The second-order valence-corrected chi connectivity index (χ2v) is 13.3. The topological polar surface area (TPSA) is 112 Å². The highest BCUT2D eigenvalue weighted by molar-refractivity contribution is 6.04. The number of phenols is 1. The minimum Gasteiger partial charge on any atom is -0.508 e. The van der Waals surface area contributed by atoms with E-state index in [9.17, 15) is 19.8 Å². The SMILES string of the molecule is C=C(C)[C@]12C[C@@H](C)[C@@]34O[C@](Cc5ccccc5)(O[C@@H]1[C@@H]3C=C(COC(=O)Cc1ccc(O)cc1)C[C@]1(O)C(=O)C(C)=C[C@@H]41)O2. The van der Waals surface area contributed by atoms with Gasteiger partial charge in [-0.2, -0.15) is 0 Å². The molecule has 0 radical (unpaired) electrons. The molecule has 44 heavy (non-hydrogen) atoms. The summed E-state index contributed by atoms with van der Waals surface area (Å²) in [6.45, 7) is 10.0. The van der Waals surface area contributed by atoms with Gasteiger partial charge in [-0.05, 0) is 66.2 Å². The number of rotatable bonds is 7. The van der Waals surface area contributed by atoms with Crippen LogP contribution in [0.15, 0.2) is 90.0 Å². The van der Waals surface area contributed by atoms with Crippen molar-refractivity contribution < 1.29 is 38.7 Å². The number of carbonyl (C=O) groups is 2. The molecule has 0 aromatic heterocycles. The number of hydrogen-bond donors (Lipinski definition) is 2. The van der Waals surface area contributed by atoms with Crippen LogP contribution in [0.1, 0.15) is 44.7 Å². The summed E-state index contributed by atoms with van der Waals surface area (Å²) in [6.07, 6.45) is 4.28. The second kappa shape index (κ2) is 9.97. The largest absolute Gasteiger partial charge is 0.508 e. The fourth-order valence-corrected chi connectivity index (χ4v) is 8.49. The zero-order valence-electron chi connectivity index (χ0n) is 25.2. The maximum atomic E-state index is 13.7. The normalized spacial score (nSPS) is 38.3. The van der Waals surface area contributed by atoms with Gasteiger partial charge in [-0.15, -0.1) is 0 Å². The molecular formula is C36H38O8. The first-order valence-electron chi connectivity index (χ1n) is 15.3. The first-order chi connectivity index (χ1) is 20.9. The number of esters is 1. The predicted molar refractivity (Wildman–Crippen MR) is 160 cm³/mol. The summed E-state index contributed by atoms with van der Waals surface area (Å²) < 4.78 is 26.5. The second-order valence-electron chi connectivity index (χ2n) is 13.3. The van der Waals surface area contributed by atoms with E-state index >= 15 is 0 Å². The zero-order valence-corrected chi connectivity index (χ0v) is 25.2. The molecule has 7 rings (SSSR count). The van der Waals surface area contributed by atoms with Gasteiger partial charge >= 0.3 is 5.97 Å². The van der Waals surface area contributed by atoms with Crippen LogP contribution in [0, 0.1) is 17.8 Å². The lowest BCUT2D eigenvalue weighted by atomic mass is 9.55. The van der Waals surface area contributed by atoms with Crippen LogP contribution in [0.2, 0.25) is 0 Å². The molecule has 2 aromatic rings. The fraction of sp³-hybridized carbons (Fsp3) is 0.444. The third-order valence-electron chi connectivity index (χ3n) is 10.4. The monoisotopic (exact) mass is 598 g/mol. The summed E-state index contributed by atoms with van der Waals surface area (Å²) in [5, 5.41) is 21.9. The van der Waals surface area contributed by atoms with Crippen molar-refractivity contribution >= 4 is 11.8 Å². The van der Waals surface area contributed by atoms with E-state index in [2.05, 4.69) is 13.5 Å². The molecule has 2 aliphatic heterocycles. The Morgan fingerprint density at radius 1 is 1.07 bits per heavy atom. The molecule has 8 nitrogen and oxygen atoms in total. The molecule has 0 amide bonds. The van der Waals surface area contributed by atoms with Crippen molar-refractivity contribution in [2.45, 2.75) is 75.3 Å². The van der Waals surface area contributed by atoms with Gasteiger partial charge < -0.3 is 29.2 Å². The summed E-state index contributed by atoms with van der Waals surface area (Å²) >= 11 is 0. The molecule has 8 heteroatoms. The average Bonchev–Trinajstić information content (AvgIpc) is 3.29. The molecular weight excluding hydrogens is 560 g/mol. The van der Waals surface area contributed by atoms with Gasteiger partial charge in [0.1, 0.15) is 29.7 Å². The van der Waals surface area contributed by atoms with Gasteiger partial charge in [0, 0.05) is 18.3 Å². The summed E-state index contributed by atoms with van der Waals surface area (Å²) in [4.78, 5) is 26.6. The lowest BCUT2D eigenvalue weighted by molar-refractivity contribution is -0.421. The van der Waals surface area contributed by atoms with E-state index < -0.39 is 46.7 Å². The molecule has 2 aromatic carbocycles. The van der Waals surface area contributed by atoms with E-state index in [1.807, 2.05) is 49.4 Å².